The third-order valence-electron chi connectivity index (χ3n) is 4.63. The predicted molar refractivity (Wildman–Crippen MR) is 92.0 cm³/mol. The molecular formula is C19H20N2O4. The summed E-state index contributed by atoms with van der Waals surface area (Å²) in [5.41, 5.74) is 1.15. The zero-order valence-electron chi connectivity index (χ0n) is 14.0. The van der Waals surface area contributed by atoms with Gasteiger partial charge >= 0.3 is 5.97 Å². The minimum absolute atomic E-state index is 0.119. The summed E-state index contributed by atoms with van der Waals surface area (Å²) >= 11 is 0. The molecule has 0 radical (unpaired) electrons. The zero-order valence-corrected chi connectivity index (χ0v) is 14.0. The maximum Gasteiger partial charge on any atom is 0.328 e. The van der Waals surface area contributed by atoms with Crippen LogP contribution in [-0.2, 0) is 14.3 Å². The molecule has 2 atom stereocenters. The number of methoxy groups -OCH3 is 1. The largest absolute Gasteiger partial charge is 0.467 e. The highest BCUT2D eigenvalue weighted by Gasteiger charge is 2.34. The van der Waals surface area contributed by atoms with Gasteiger partial charge < -0.3 is 10.1 Å². The molecule has 0 aliphatic heterocycles. The fourth-order valence-corrected chi connectivity index (χ4v) is 3.35. The summed E-state index contributed by atoms with van der Waals surface area (Å²) in [6, 6.07) is 8.12. The molecule has 0 bridgehead atoms. The highest BCUT2D eigenvalue weighted by atomic mass is 16.5. The summed E-state index contributed by atoms with van der Waals surface area (Å²) in [6.07, 6.45) is 3.83. The van der Waals surface area contributed by atoms with Crippen molar-refractivity contribution in [3.8, 4) is 0 Å². The van der Waals surface area contributed by atoms with Crippen LogP contribution in [0.25, 0.3) is 10.9 Å². The number of fused-ring (bicyclic) bond motifs is 1. The molecule has 6 nitrogen and oxygen atoms in total. The van der Waals surface area contributed by atoms with Gasteiger partial charge in [-0.05, 0) is 30.9 Å². The van der Waals surface area contributed by atoms with Gasteiger partial charge in [0.2, 0.25) is 0 Å². The van der Waals surface area contributed by atoms with Crippen molar-refractivity contribution in [2.45, 2.75) is 31.7 Å². The van der Waals surface area contributed by atoms with Crippen LogP contribution in [0.2, 0.25) is 0 Å². The standard InChI is InChI=1S/C19H20N2O4/c1-25-19(24)17(12-5-4-6-13(22)11-12)21-18(23)15-9-10-20-16-8-3-2-7-14(15)16/h2-3,7-10,12,17H,4-6,11H2,1H3,(H,21,23)/t12-,17-/m1/s1. The number of hydrogen-bond acceptors (Lipinski definition) is 5. The molecule has 1 fully saturated rings. The van der Waals surface area contributed by atoms with E-state index in [1.807, 2.05) is 24.3 Å². The van der Waals surface area contributed by atoms with Crippen molar-refractivity contribution in [2.24, 2.45) is 5.92 Å². The smallest absolute Gasteiger partial charge is 0.328 e. The van der Waals surface area contributed by atoms with Crippen molar-refractivity contribution in [1.82, 2.24) is 10.3 Å². The Morgan fingerprint density at radius 2 is 2.08 bits per heavy atom. The topological polar surface area (TPSA) is 85.4 Å². The molecule has 6 heteroatoms. The molecule has 1 aliphatic rings. The number of aromatic nitrogens is 1. The number of amides is 1. The summed E-state index contributed by atoms with van der Waals surface area (Å²) in [5, 5.41) is 3.49. The van der Waals surface area contributed by atoms with Crippen LogP contribution in [0, 0.1) is 5.92 Å². The first-order chi connectivity index (χ1) is 12.1. The number of benzene rings is 1. The summed E-state index contributed by atoms with van der Waals surface area (Å²) in [4.78, 5) is 41.0. The highest BCUT2D eigenvalue weighted by Crippen LogP contribution is 2.26. The molecule has 0 unspecified atom stereocenters. The van der Waals surface area contributed by atoms with Gasteiger partial charge in [-0.15, -0.1) is 0 Å². The maximum atomic E-state index is 12.8. The Kier molecular flexibility index (Phi) is 5.07. The molecule has 0 spiro atoms. The average molecular weight is 340 g/mol. The van der Waals surface area contributed by atoms with Crippen LogP contribution in [0.3, 0.4) is 0 Å². The van der Waals surface area contributed by atoms with Gasteiger partial charge in [0.1, 0.15) is 11.8 Å². The van der Waals surface area contributed by atoms with Gasteiger partial charge in [-0.3, -0.25) is 14.6 Å². The van der Waals surface area contributed by atoms with Gasteiger partial charge in [0.25, 0.3) is 5.91 Å². The first-order valence-corrected chi connectivity index (χ1v) is 8.34. The molecule has 0 saturated heterocycles. The van der Waals surface area contributed by atoms with E-state index in [1.165, 1.54) is 7.11 Å². The molecule has 25 heavy (non-hydrogen) atoms. The van der Waals surface area contributed by atoms with E-state index in [0.29, 0.717) is 29.3 Å². The number of rotatable bonds is 4. The Morgan fingerprint density at radius 3 is 2.84 bits per heavy atom. The van der Waals surface area contributed by atoms with Crippen molar-refractivity contribution in [3.63, 3.8) is 0 Å². The van der Waals surface area contributed by atoms with Crippen LogP contribution in [0.15, 0.2) is 36.5 Å². The van der Waals surface area contributed by atoms with Crippen molar-refractivity contribution < 1.29 is 19.1 Å². The first kappa shape index (κ1) is 17.1. The van der Waals surface area contributed by atoms with Gasteiger partial charge in [-0.2, -0.15) is 0 Å². The number of ether oxygens (including phenoxy) is 1. The van der Waals surface area contributed by atoms with Crippen molar-refractivity contribution in [2.75, 3.05) is 7.11 Å². The first-order valence-electron chi connectivity index (χ1n) is 8.34. The van der Waals surface area contributed by atoms with Crippen molar-refractivity contribution in [3.05, 3.63) is 42.1 Å². The third-order valence-corrected chi connectivity index (χ3v) is 4.63. The number of para-hydroxylation sites is 1. The molecule has 130 valence electrons. The number of esters is 1. The van der Waals surface area contributed by atoms with Crippen molar-refractivity contribution >= 4 is 28.6 Å². The van der Waals surface area contributed by atoms with E-state index in [-0.39, 0.29) is 24.0 Å². The van der Waals surface area contributed by atoms with E-state index in [9.17, 15) is 14.4 Å². The average Bonchev–Trinajstić information content (AvgIpc) is 2.64. The molecule has 1 N–H and O–H groups in total. The Labute approximate surface area is 145 Å². The Morgan fingerprint density at radius 1 is 1.28 bits per heavy atom. The predicted octanol–water partition coefficient (Wildman–Crippen LogP) is 2.27. The second-order valence-corrected chi connectivity index (χ2v) is 6.25. The zero-order chi connectivity index (χ0) is 17.8. The fraction of sp³-hybridized carbons (Fsp3) is 0.368. The van der Waals surface area contributed by atoms with E-state index in [2.05, 4.69) is 10.3 Å². The maximum absolute atomic E-state index is 12.8. The Balaban J connectivity index is 1.87. The van der Waals surface area contributed by atoms with Gasteiger partial charge in [-0.25, -0.2) is 4.79 Å². The Bertz CT molecular complexity index is 813. The molecule has 1 saturated carbocycles. The summed E-state index contributed by atoms with van der Waals surface area (Å²) in [5.74, 6) is -1.00. The van der Waals surface area contributed by atoms with Crippen LogP contribution in [0.4, 0.5) is 0 Å². The summed E-state index contributed by atoms with van der Waals surface area (Å²) in [6.45, 7) is 0. The van der Waals surface area contributed by atoms with E-state index in [4.69, 9.17) is 4.74 Å². The SMILES string of the molecule is COC(=O)[C@H](NC(=O)c1ccnc2ccccc12)[C@@H]1CCCC(=O)C1. The molecule has 1 amide bonds. The van der Waals surface area contributed by atoms with E-state index in [0.717, 1.165) is 6.42 Å². The molecule has 1 aliphatic carbocycles. The highest BCUT2D eigenvalue weighted by molar-refractivity contribution is 6.07. The number of hydrogen-bond donors (Lipinski definition) is 1. The minimum Gasteiger partial charge on any atom is -0.467 e. The Hall–Kier alpha value is -2.76. The van der Waals surface area contributed by atoms with E-state index < -0.39 is 12.0 Å². The molecular weight excluding hydrogens is 320 g/mol. The lowest BCUT2D eigenvalue weighted by atomic mass is 9.83. The lowest BCUT2D eigenvalue weighted by Crippen LogP contribution is -2.48. The number of carbonyl (C=O) groups excluding carboxylic acids is 3. The van der Waals surface area contributed by atoms with Crippen molar-refractivity contribution in [1.29, 1.82) is 0 Å². The number of Topliss-reactive ketones (excluding diaryl/α,β-unsaturated/α-hetero) is 1. The lowest BCUT2D eigenvalue weighted by Gasteiger charge is -2.28. The summed E-state index contributed by atoms with van der Waals surface area (Å²) in [7, 11) is 1.29. The second-order valence-electron chi connectivity index (χ2n) is 6.25. The van der Waals surface area contributed by atoms with Gasteiger partial charge in [0.15, 0.2) is 0 Å². The fourth-order valence-electron chi connectivity index (χ4n) is 3.35. The molecule has 1 aromatic carbocycles. The van der Waals surface area contributed by atoms with E-state index in [1.54, 1.807) is 12.3 Å². The third kappa shape index (κ3) is 3.68. The van der Waals surface area contributed by atoms with Crippen LogP contribution in [0.5, 0.6) is 0 Å². The molecule has 3 rings (SSSR count). The number of carbonyl (C=O) groups is 3. The minimum atomic E-state index is -0.825. The second kappa shape index (κ2) is 7.42. The lowest BCUT2D eigenvalue weighted by molar-refractivity contribution is -0.145. The summed E-state index contributed by atoms with van der Waals surface area (Å²) < 4.78 is 4.85. The van der Waals surface area contributed by atoms with Gasteiger partial charge in [0.05, 0.1) is 18.2 Å². The van der Waals surface area contributed by atoms with Gasteiger partial charge in [-0.1, -0.05) is 18.2 Å². The number of pyridine rings is 1. The molecule has 1 aromatic heterocycles. The monoisotopic (exact) mass is 340 g/mol. The normalized spacial score (nSPS) is 18.6. The number of nitrogens with zero attached hydrogens (tertiary/aromatic N) is 1. The van der Waals surface area contributed by atoms with Crippen LogP contribution >= 0.6 is 0 Å². The quantitative estimate of drug-likeness (QED) is 0.863. The molecule has 1 heterocycles. The molecule has 2 aromatic rings. The van der Waals surface area contributed by atoms with Gasteiger partial charge in [0, 0.05) is 24.4 Å². The van der Waals surface area contributed by atoms with E-state index >= 15 is 0 Å². The van der Waals surface area contributed by atoms with Crippen LogP contribution < -0.4 is 5.32 Å². The number of ketones is 1. The number of nitrogens with one attached hydrogen (secondary N) is 1. The van der Waals surface area contributed by atoms with Crippen LogP contribution in [-0.4, -0.2) is 35.8 Å². The van der Waals surface area contributed by atoms with Crippen LogP contribution in [0.1, 0.15) is 36.0 Å².